The number of carbonyl (C=O) groups excluding carboxylic acids is 2. The molecule has 0 radical (unpaired) electrons. The number of benzene rings is 2. The van der Waals surface area contributed by atoms with Gasteiger partial charge in [0.05, 0.1) is 0 Å². The number of nitrogens with zero attached hydrogens (tertiary/aromatic N) is 2. The zero-order chi connectivity index (χ0) is 20.1. The smallest absolute Gasteiger partial charge is 0.274 e. The molecule has 1 aromatic heterocycles. The van der Waals surface area contributed by atoms with Crippen molar-refractivity contribution in [1.29, 1.82) is 0 Å². The molecule has 1 heterocycles. The highest BCUT2D eigenvalue weighted by atomic mass is 35.5. The Bertz CT molecular complexity index is 1020. The summed E-state index contributed by atoms with van der Waals surface area (Å²) < 4.78 is 0. The van der Waals surface area contributed by atoms with Crippen LogP contribution in [-0.4, -0.2) is 21.8 Å². The number of anilines is 4. The Labute approximate surface area is 167 Å². The molecule has 0 spiro atoms. The molecule has 0 fully saturated rings. The molecule has 0 atom stereocenters. The second kappa shape index (κ2) is 8.49. The molecule has 3 N–H and O–H groups in total. The summed E-state index contributed by atoms with van der Waals surface area (Å²) in [6.07, 6.45) is 0. The van der Waals surface area contributed by atoms with Gasteiger partial charge in [0.2, 0.25) is 5.91 Å². The van der Waals surface area contributed by atoms with Gasteiger partial charge in [0.15, 0.2) is 0 Å². The van der Waals surface area contributed by atoms with E-state index in [2.05, 4.69) is 25.9 Å². The van der Waals surface area contributed by atoms with Crippen LogP contribution in [0, 0.1) is 6.92 Å². The molecule has 0 unspecified atom stereocenters. The van der Waals surface area contributed by atoms with Gasteiger partial charge in [-0.25, -0.2) is 9.97 Å². The molecule has 142 valence electrons. The fourth-order valence-electron chi connectivity index (χ4n) is 2.50. The van der Waals surface area contributed by atoms with Gasteiger partial charge in [-0.2, -0.15) is 0 Å². The Morgan fingerprint density at radius 3 is 2.21 bits per heavy atom. The van der Waals surface area contributed by atoms with Gasteiger partial charge in [0.25, 0.3) is 5.91 Å². The first-order valence-electron chi connectivity index (χ1n) is 8.46. The SMILES string of the molecule is CC(=O)Nc1ccc(NC(=O)c2cc(Nc3cccc(Cl)c3)nc(C)n2)cc1. The van der Waals surface area contributed by atoms with Gasteiger partial charge in [-0.05, 0) is 49.4 Å². The lowest BCUT2D eigenvalue weighted by atomic mass is 10.2. The molecule has 3 rings (SSSR count). The molecule has 0 bridgehead atoms. The fraction of sp³-hybridized carbons (Fsp3) is 0.100. The zero-order valence-electron chi connectivity index (χ0n) is 15.3. The largest absolute Gasteiger partial charge is 0.340 e. The first kappa shape index (κ1) is 19.3. The van der Waals surface area contributed by atoms with Crippen LogP contribution in [0.25, 0.3) is 0 Å². The molecule has 28 heavy (non-hydrogen) atoms. The number of aryl methyl sites for hydroxylation is 1. The van der Waals surface area contributed by atoms with Crippen molar-refractivity contribution in [3.63, 3.8) is 0 Å². The predicted octanol–water partition coefficient (Wildman–Crippen LogP) is 4.39. The minimum Gasteiger partial charge on any atom is -0.340 e. The number of halogens is 1. The van der Waals surface area contributed by atoms with Gasteiger partial charge < -0.3 is 16.0 Å². The number of rotatable bonds is 5. The number of amides is 2. The van der Waals surface area contributed by atoms with Crippen LogP contribution in [0.4, 0.5) is 22.9 Å². The highest BCUT2D eigenvalue weighted by molar-refractivity contribution is 6.30. The van der Waals surface area contributed by atoms with E-state index in [1.54, 1.807) is 49.4 Å². The van der Waals surface area contributed by atoms with Crippen molar-refractivity contribution < 1.29 is 9.59 Å². The Morgan fingerprint density at radius 1 is 0.893 bits per heavy atom. The molecular weight excluding hydrogens is 378 g/mol. The zero-order valence-corrected chi connectivity index (χ0v) is 16.0. The molecule has 8 heteroatoms. The molecule has 3 aromatic rings. The molecule has 0 aliphatic carbocycles. The summed E-state index contributed by atoms with van der Waals surface area (Å²) in [5.41, 5.74) is 2.21. The van der Waals surface area contributed by atoms with Gasteiger partial charge in [-0.15, -0.1) is 0 Å². The van der Waals surface area contributed by atoms with E-state index in [0.29, 0.717) is 28.0 Å². The van der Waals surface area contributed by atoms with Crippen LogP contribution in [0.3, 0.4) is 0 Å². The summed E-state index contributed by atoms with van der Waals surface area (Å²) in [5, 5.41) is 9.15. The van der Waals surface area contributed by atoms with Crippen LogP contribution < -0.4 is 16.0 Å². The second-order valence-electron chi connectivity index (χ2n) is 6.03. The highest BCUT2D eigenvalue weighted by Gasteiger charge is 2.11. The molecule has 2 aromatic carbocycles. The van der Waals surface area contributed by atoms with Crippen molar-refractivity contribution in [3.05, 3.63) is 71.1 Å². The van der Waals surface area contributed by atoms with Gasteiger partial charge >= 0.3 is 0 Å². The topological polar surface area (TPSA) is 96.0 Å². The van der Waals surface area contributed by atoms with Crippen molar-refractivity contribution in [2.24, 2.45) is 0 Å². The van der Waals surface area contributed by atoms with Crippen LogP contribution in [0.5, 0.6) is 0 Å². The van der Waals surface area contributed by atoms with E-state index in [9.17, 15) is 9.59 Å². The maximum absolute atomic E-state index is 12.6. The first-order chi connectivity index (χ1) is 13.4. The third kappa shape index (κ3) is 5.28. The number of nitrogens with one attached hydrogen (secondary N) is 3. The second-order valence-corrected chi connectivity index (χ2v) is 6.47. The minimum atomic E-state index is -0.369. The maximum Gasteiger partial charge on any atom is 0.274 e. The Balaban J connectivity index is 1.74. The van der Waals surface area contributed by atoms with Crippen LogP contribution in [0.2, 0.25) is 5.02 Å². The van der Waals surface area contributed by atoms with Gasteiger partial charge in [0.1, 0.15) is 17.3 Å². The predicted molar refractivity (Wildman–Crippen MR) is 110 cm³/mol. The lowest BCUT2D eigenvalue weighted by molar-refractivity contribution is -0.114. The molecule has 0 saturated carbocycles. The standard InChI is InChI=1S/C20H18ClN5O2/c1-12-22-18(11-19(23-12)25-17-5-3-4-14(21)10-17)20(28)26-16-8-6-15(7-9-16)24-13(2)27/h3-11H,1-2H3,(H,24,27)(H,26,28)(H,22,23,25). The number of hydrogen-bond acceptors (Lipinski definition) is 5. The number of carbonyl (C=O) groups is 2. The van der Waals surface area contributed by atoms with Crippen molar-refractivity contribution in [2.45, 2.75) is 13.8 Å². The van der Waals surface area contributed by atoms with E-state index in [1.165, 1.54) is 6.92 Å². The van der Waals surface area contributed by atoms with Crippen molar-refractivity contribution in [1.82, 2.24) is 9.97 Å². The minimum absolute atomic E-state index is 0.159. The van der Waals surface area contributed by atoms with Gasteiger partial charge in [-0.1, -0.05) is 17.7 Å². The molecule has 0 aliphatic rings. The summed E-state index contributed by atoms with van der Waals surface area (Å²) >= 11 is 5.99. The molecule has 0 aliphatic heterocycles. The maximum atomic E-state index is 12.6. The average molecular weight is 396 g/mol. The van der Waals surface area contributed by atoms with E-state index in [0.717, 1.165) is 5.69 Å². The van der Waals surface area contributed by atoms with Crippen LogP contribution >= 0.6 is 11.6 Å². The summed E-state index contributed by atoms with van der Waals surface area (Å²) in [6.45, 7) is 3.14. The summed E-state index contributed by atoms with van der Waals surface area (Å²) in [4.78, 5) is 32.1. The Hall–Kier alpha value is -3.45. The number of hydrogen-bond donors (Lipinski definition) is 3. The molecular formula is C20H18ClN5O2. The fourth-order valence-corrected chi connectivity index (χ4v) is 2.69. The normalized spacial score (nSPS) is 10.2. The summed E-state index contributed by atoms with van der Waals surface area (Å²) in [7, 11) is 0. The van der Waals surface area contributed by atoms with E-state index in [-0.39, 0.29) is 17.5 Å². The Morgan fingerprint density at radius 2 is 1.57 bits per heavy atom. The monoisotopic (exact) mass is 395 g/mol. The van der Waals surface area contributed by atoms with E-state index in [1.807, 2.05) is 12.1 Å². The van der Waals surface area contributed by atoms with E-state index < -0.39 is 0 Å². The summed E-state index contributed by atoms with van der Waals surface area (Å²) in [6, 6.07) is 15.6. The average Bonchev–Trinajstić information content (AvgIpc) is 2.62. The lowest BCUT2D eigenvalue weighted by Gasteiger charge is -2.10. The van der Waals surface area contributed by atoms with Crippen LogP contribution in [0.1, 0.15) is 23.2 Å². The van der Waals surface area contributed by atoms with Crippen molar-refractivity contribution in [2.75, 3.05) is 16.0 Å². The quantitative estimate of drug-likeness (QED) is 0.595. The van der Waals surface area contributed by atoms with E-state index >= 15 is 0 Å². The first-order valence-corrected chi connectivity index (χ1v) is 8.84. The van der Waals surface area contributed by atoms with E-state index in [4.69, 9.17) is 11.6 Å². The number of aromatic nitrogens is 2. The van der Waals surface area contributed by atoms with Crippen molar-refractivity contribution >= 4 is 46.3 Å². The van der Waals surface area contributed by atoms with Gasteiger partial charge in [-0.3, -0.25) is 9.59 Å². The third-order valence-corrected chi connectivity index (χ3v) is 3.87. The molecule has 0 saturated heterocycles. The highest BCUT2D eigenvalue weighted by Crippen LogP contribution is 2.20. The van der Waals surface area contributed by atoms with Crippen LogP contribution in [0.15, 0.2) is 54.6 Å². The summed E-state index contributed by atoms with van der Waals surface area (Å²) in [5.74, 6) is 0.416. The van der Waals surface area contributed by atoms with Crippen LogP contribution in [-0.2, 0) is 4.79 Å². The lowest BCUT2D eigenvalue weighted by Crippen LogP contribution is -2.15. The Kier molecular flexibility index (Phi) is 5.86. The van der Waals surface area contributed by atoms with Gasteiger partial charge in [0, 0.05) is 35.1 Å². The third-order valence-electron chi connectivity index (χ3n) is 3.63. The van der Waals surface area contributed by atoms with Crippen molar-refractivity contribution in [3.8, 4) is 0 Å². The molecule has 7 nitrogen and oxygen atoms in total. The molecule has 2 amide bonds.